The van der Waals surface area contributed by atoms with E-state index >= 15 is 0 Å². The van der Waals surface area contributed by atoms with Crippen LogP contribution in [0.3, 0.4) is 0 Å². The predicted molar refractivity (Wildman–Crippen MR) is 120 cm³/mol. The third-order valence-electron chi connectivity index (χ3n) is 6.20. The average molecular weight is 471 g/mol. The van der Waals surface area contributed by atoms with E-state index in [0.29, 0.717) is 48.7 Å². The van der Waals surface area contributed by atoms with Crippen molar-refractivity contribution in [2.24, 2.45) is 0 Å². The Kier molecular flexibility index (Phi) is 5.63. The number of anilines is 1. The number of hydrogen-bond acceptors (Lipinski definition) is 9. The minimum absolute atomic E-state index is 0.142. The first-order valence-corrected chi connectivity index (χ1v) is 12.6. The molecular weight excluding hydrogens is 444 g/mol. The fourth-order valence-corrected chi connectivity index (χ4v) is 5.38. The molecule has 0 atom stereocenters. The van der Waals surface area contributed by atoms with Gasteiger partial charge in [0.25, 0.3) is 5.89 Å². The van der Waals surface area contributed by atoms with Gasteiger partial charge in [-0.15, -0.1) is 0 Å². The fourth-order valence-electron chi connectivity index (χ4n) is 4.05. The zero-order chi connectivity index (χ0) is 23.2. The largest absolute Gasteiger partial charge is 0.393 e. The number of hydrogen-bond donors (Lipinski definition) is 3. The Bertz CT molecular complexity index is 1280. The Morgan fingerprint density at radius 3 is 2.61 bits per heavy atom. The Morgan fingerprint density at radius 1 is 1.12 bits per heavy atom. The highest BCUT2D eigenvalue weighted by molar-refractivity contribution is 7.89. The highest BCUT2D eigenvalue weighted by Crippen LogP contribution is 2.39. The molecule has 2 aromatic heterocycles. The van der Waals surface area contributed by atoms with E-state index in [-0.39, 0.29) is 34.4 Å². The Hall–Kier alpha value is -2.89. The molecule has 2 heterocycles. The molecule has 0 spiro atoms. The SMILES string of the molecule is Cc1ccc(S(=O)(=O)NC2CCC(O)CC2)cc1-c1cnc(N)c(-c2nc(C3CC3)no2)n1. The lowest BCUT2D eigenvalue weighted by Crippen LogP contribution is -2.38. The smallest absolute Gasteiger partial charge is 0.280 e. The maximum Gasteiger partial charge on any atom is 0.280 e. The predicted octanol–water partition coefficient (Wildman–Crippen LogP) is 2.54. The number of nitrogens with two attached hydrogens (primary N) is 1. The maximum absolute atomic E-state index is 13.0. The van der Waals surface area contributed by atoms with Gasteiger partial charge in [0.15, 0.2) is 17.3 Å². The summed E-state index contributed by atoms with van der Waals surface area (Å²) in [4.78, 5) is 13.4. The molecule has 11 heteroatoms. The second-order valence-corrected chi connectivity index (χ2v) is 10.5. The van der Waals surface area contributed by atoms with Crippen LogP contribution in [0.1, 0.15) is 55.8 Å². The van der Waals surface area contributed by atoms with E-state index in [0.717, 1.165) is 18.4 Å². The number of rotatable bonds is 6. The second kappa shape index (κ2) is 8.47. The Morgan fingerprint density at radius 2 is 1.88 bits per heavy atom. The molecule has 10 nitrogen and oxygen atoms in total. The molecule has 174 valence electrons. The van der Waals surface area contributed by atoms with Crippen molar-refractivity contribution < 1.29 is 18.0 Å². The zero-order valence-electron chi connectivity index (χ0n) is 18.2. The molecule has 2 fully saturated rings. The van der Waals surface area contributed by atoms with Crippen molar-refractivity contribution >= 4 is 15.8 Å². The van der Waals surface area contributed by atoms with E-state index in [1.165, 1.54) is 6.20 Å². The molecule has 0 radical (unpaired) electrons. The van der Waals surface area contributed by atoms with Crippen molar-refractivity contribution in [1.29, 1.82) is 0 Å². The first-order chi connectivity index (χ1) is 15.8. The van der Waals surface area contributed by atoms with Crippen LogP contribution in [0.5, 0.6) is 0 Å². The van der Waals surface area contributed by atoms with Crippen LogP contribution < -0.4 is 10.5 Å². The number of aryl methyl sites for hydroxylation is 1. The zero-order valence-corrected chi connectivity index (χ0v) is 19.0. The van der Waals surface area contributed by atoms with Crippen LogP contribution in [-0.4, -0.2) is 45.8 Å². The van der Waals surface area contributed by atoms with Crippen LogP contribution in [0.25, 0.3) is 22.8 Å². The summed E-state index contributed by atoms with van der Waals surface area (Å²) in [5.74, 6) is 1.32. The van der Waals surface area contributed by atoms with Gasteiger partial charge in [-0.1, -0.05) is 11.2 Å². The molecule has 2 aliphatic carbocycles. The molecule has 1 aromatic carbocycles. The quantitative estimate of drug-likeness (QED) is 0.492. The summed E-state index contributed by atoms with van der Waals surface area (Å²) < 4.78 is 34.2. The van der Waals surface area contributed by atoms with Crippen LogP contribution in [0, 0.1) is 6.92 Å². The number of aliphatic hydroxyl groups excluding tert-OH is 1. The molecule has 0 aliphatic heterocycles. The van der Waals surface area contributed by atoms with Gasteiger partial charge in [-0.25, -0.2) is 23.1 Å². The van der Waals surface area contributed by atoms with Crippen LogP contribution in [0.4, 0.5) is 5.82 Å². The van der Waals surface area contributed by atoms with Crippen molar-refractivity contribution in [3.63, 3.8) is 0 Å². The number of nitrogens with one attached hydrogen (secondary N) is 1. The number of nitrogen functional groups attached to an aromatic ring is 1. The van der Waals surface area contributed by atoms with Gasteiger partial charge in [0.2, 0.25) is 10.0 Å². The number of sulfonamides is 1. The number of aromatic nitrogens is 4. The van der Waals surface area contributed by atoms with Crippen LogP contribution in [0.2, 0.25) is 0 Å². The summed E-state index contributed by atoms with van der Waals surface area (Å²) in [7, 11) is -3.74. The normalized spacial score (nSPS) is 21.3. The second-order valence-electron chi connectivity index (χ2n) is 8.82. The highest BCUT2D eigenvalue weighted by atomic mass is 32.2. The third kappa shape index (κ3) is 4.61. The van der Waals surface area contributed by atoms with Gasteiger partial charge in [0.1, 0.15) is 0 Å². The summed E-state index contributed by atoms with van der Waals surface area (Å²) in [6, 6.07) is 4.71. The van der Waals surface area contributed by atoms with E-state index in [1.54, 1.807) is 18.2 Å². The molecule has 0 bridgehead atoms. The van der Waals surface area contributed by atoms with Gasteiger partial charge in [-0.2, -0.15) is 4.98 Å². The number of nitrogens with zero attached hydrogens (tertiary/aromatic N) is 4. The van der Waals surface area contributed by atoms with E-state index in [4.69, 9.17) is 10.3 Å². The molecule has 33 heavy (non-hydrogen) atoms. The molecule has 5 rings (SSSR count). The summed E-state index contributed by atoms with van der Waals surface area (Å²) in [6.45, 7) is 1.87. The summed E-state index contributed by atoms with van der Waals surface area (Å²) >= 11 is 0. The Labute approximate surface area is 191 Å². The van der Waals surface area contributed by atoms with Crippen LogP contribution in [-0.2, 0) is 10.0 Å². The van der Waals surface area contributed by atoms with Crippen molar-refractivity contribution in [3.05, 3.63) is 35.8 Å². The molecule has 2 aliphatic rings. The van der Waals surface area contributed by atoms with E-state index in [2.05, 4.69) is 24.8 Å². The van der Waals surface area contributed by atoms with Crippen molar-refractivity contribution in [3.8, 4) is 22.8 Å². The highest BCUT2D eigenvalue weighted by Gasteiger charge is 2.30. The summed E-state index contributed by atoms with van der Waals surface area (Å²) in [5, 5.41) is 13.7. The number of aliphatic hydroxyl groups is 1. The maximum atomic E-state index is 13.0. The standard InChI is InChI=1S/C22H26N6O4S/c1-12-2-9-16(33(30,31)28-14-5-7-15(29)8-6-14)10-17(12)18-11-24-20(23)19(25-18)22-26-21(27-32-22)13-3-4-13/h2,9-11,13-15,28-29H,3-8H2,1H3,(H2,23,24). The minimum Gasteiger partial charge on any atom is -0.393 e. The number of benzene rings is 1. The lowest BCUT2D eigenvalue weighted by Gasteiger charge is -2.26. The first kappa shape index (κ1) is 21.9. The van der Waals surface area contributed by atoms with Gasteiger partial charge >= 0.3 is 0 Å². The molecule has 2 saturated carbocycles. The van der Waals surface area contributed by atoms with Crippen molar-refractivity contribution in [2.75, 3.05) is 5.73 Å². The van der Waals surface area contributed by atoms with Crippen LogP contribution in [0.15, 0.2) is 33.8 Å². The molecule has 0 amide bonds. The van der Waals surface area contributed by atoms with Crippen molar-refractivity contribution in [1.82, 2.24) is 24.8 Å². The summed E-state index contributed by atoms with van der Waals surface area (Å²) in [5.41, 5.74) is 8.22. The molecule has 3 aromatic rings. The molecule has 0 unspecified atom stereocenters. The Balaban J connectivity index is 1.45. The topological polar surface area (TPSA) is 157 Å². The summed E-state index contributed by atoms with van der Waals surface area (Å²) in [6.07, 6.45) is 5.63. The van der Waals surface area contributed by atoms with Gasteiger partial charge < -0.3 is 15.4 Å². The van der Waals surface area contributed by atoms with Gasteiger partial charge in [-0.3, -0.25) is 0 Å². The van der Waals surface area contributed by atoms with E-state index in [1.807, 2.05) is 6.92 Å². The third-order valence-corrected chi connectivity index (χ3v) is 7.72. The van der Waals surface area contributed by atoms with E-state index < -0.39 is 10.0 Å². The van der Waals surface area contributed by atoms with Gasteiger partial charge in [0.05, 0.1) is 22.9 Å². The fraction of sp³-hybridized carbons (Fsp3) is 0.455. The molecule has 0 saturated heterocycles. The molecular formula is C22H26N6O4S. The van der Waals surface area contributed by atoms with Gasteiger partial charge in [-0.05, 0) is 63.1 Å². The average Bonchev–Trinajstić information content (AvgIpc) is 3.53. The lowest BCUT2D eigenvalue weighted by atomic mass is 9.94. The first-order valence-electron chi connectivity index (χ1n) is 11.1. The van der Waals surface area contributed by atoms with Crippen molar-refractivity contribution in [2.45, 2.75) is 68.4 Å². The minimum atomic E-state index is -3.74. The molecule has 4 N–H and O–H groups in total. The van der Waals surface area contributed by atoms with E-state index in [9.17, 15) is 13.5 Å². The monoisotopic (exact) mass is 470 g/mol. The lowest BCUT2D eigenvalue weighted by molar-refractivity contribution is 0.120. The van der Waals surface area contributed by atoms with Crippen LogP contribution >= 0.6 is 0 Å². The van der Waals surface area contributed by atoms with Gasteiger partial charge in [0, 0.05) is 17.5 Å².